The van der Waals surface area contributed by atoms with E-state index >= 15 is 0 Å². The molecule has 0 heterocycles. The molecule has 0 N–H and O–H groups in total. The second-order valence-corrected chi connectivity index (χ2v) is 12.8. The van der Waals surface area contributed by atoms with Crippen molar-refractivity contribution in [3.05, 3.63) is 70.8 Å². The number of alkyl halides is 6. The Labute approximate surface area is 259 Å². The van der Waals surface area contributed by atoms with Crippen molar-refractivity contribution in [3.8, 4) is 6.07 Å². The van der Waals surface area contributed by atoms with Crippen LogP contribution in [-0.4, -0.2) is 35.9 Å². The highest BCUT2D eigenvalue weighted by Crippen LogP contribution is 2.57. The fourth-order valence-corrected chi connectivity index (χ4v) is 7.80. The topological polar surface area (TPSA) is 27.0 Å². The second-order valence-electron chi connectivity index (χ2n) is 12.8. The molecule has 244 valence electrons. The van der Waals surface area contributed by atoms with E-state index in [4.69, 9.17) is 5.26 Å². The zero-order valence-electron chi connectivity index (χ0n) is 26.6. The maximum absolute atomic E-state index is 14.9. The highest BCUT2D eigenvalue weighted by Gasteiger charge is 2.60. The highest BCUT2D eigenvalue weighted by atomic mass is 19.4. The van der Waals surface area contributed by atoms with Crippen LogP contribution in [0.5, 0.6) is 0 Å². The summed E-state index contributed by atoms with van der Waals surface area (Å²) < 4.78 is 89.1. The summed E-state index contributed by atoms with van der Waals surface area (Å²) in [6, 6.07) is 16.6. The molecule has 2 aromatic rings. The zero-order valence-corrected chi connectivity index (χ0v) is 26.6. The van der Waals surface area contributed by atoms with Gasteiger partial charge in [0.2, 0.25) is 0 Å². The molecule has 1 unspecified atom stereocenters. The molecule has 0 aromatic heterocycles. The first-order chi connectivity index (χ1) is 20.8. The third-order valence-corrected chi connectivity index (χ3v) is 10.0. The minimum absolute atomic E-state index is 0.0513. The molecule has 2 saturated carbocycles. The maximum Gasteiger partial charge on any atom is 0.398 e. The number of halogens is 6. The Balaban J connectivity index is 0.00000169. The summed E-state index contributed by atoms with van der Waals surface area (Å²) in [6.45, 7) is 8.51. The number of benzene rings is 2. The van der Waals surface area contributed by atoms with Crippen LogP contribution in [0.3, 0.4) is 0 Å². The van der Waals surface area contributed by atoms with Gasteiger partial charge in [-0.05, 0) is 87.5 Å². The molecule has 2 nitrogen and oxygen atoms in total. The molecule has 0 aliphatic heterocycles. The van der Waals surface area contributed by atoms with Crippen molar-refractivity contribution in [1.82, 2.24) is 4.90 Å². The molecule has 0 bridgehead atoms. The Morgan fingerprint density at radius 1 is 0.773 bits per heavy atom. The quantitative estimate of drug-likeness (QED) is 0.233. The molecule has 0 radical (unpaired) electrons. The first-order valence-corrected chi connectivity index (χ1v) is 16.1. The molecule has 2 aliphatic carbocycles. The van der Waals surface area contributed by atoms with Gasteiger partial charge in [-0.15, -0.1) is 0 Å². The smallest absolute Gasteiger partial charge is 0.298 e. The van der Waals surface area contributed by atoms with Gasteiger partial charge in [0.1, 0.15) is 0 Å². The standard InChI is InChI=1S/C34H45F6N.C2H3N/c1-4-27(41(25(2)3)24-19-26-13-6-5-7-14-26)17-18-28-29(31(33(35,36)37)20-8-9-21-31)15-12-16-30(28)32(34(38,39)40)22-10-11-23-32;1-2-3/h5-7,12-16,25,27H,4,8-11,17-24H2,1-3H3;1H3. The van der Waals surface area contributed by atoms with Crippen LogP contribution in [-0.2, 0) is 23.7 Å². The van der Waals surface area contributed by atoms with E-state index in [1.54, 1.807) is 6.07 Å². The normalized spacial score (nSPS) is 18.6. The van der Waals surface area contributed by atoms with Crippen LogP contribution >= 0.6 is 0 Å². The van der Waals surface area contributed by atoms with E-state index in [0.717, 1.165) is 19.4 Å². The molecule has 8 heteroatoms. The Morgan fingerprint density at radius 2 is 1.23 bits per heavy atom. The van der Waals surface area contributed by atoms with Crippen molar-refractivity contribution >= 4 is 0 Å². The molecule has 0 amide bonds. The van der Waals surface area contributed by atoms with Crippen molar-refractivity contribution < 1.29 is 26.3 Å². The number of rotatable bonds is 11. The third kappa shape index (κ3) is 7.63. The lowest BCUT2D eigenvalue weighted by Crippen LogP contribution is -2.44. The molecular weight excluding hydrogens is 574 g/mol. The Morgan fingerprint density at radius 3 is 1.61 bits per heavy atom. The molecular formula is C36H48F6N2. The van der Waals surface area contributed by atoms with Gasteiger partial charge in [-0.2, -0.15) is 31.6 Å². The van der Waals surface area contributed by atoms with Crippen LogP contribution in [0.4, 0.5) is 26.3 Å². The van der Waals surface area contributed by atoms with Gasteiger partial charge in [0.15, 0.2) is 0 Å². The van der Waals surface area contributed by atoms with E-state index in [-0.39, 0.29) is 55.3 Å². The van der Waals surface area contributed by atoms with Crippen molar-refractivity contribution in [2.24, 2.45) is 0 Å². The summed E-state index contributed by atoms with van der Waals surface area (Å²) in [4.78, 5) is 2.37. The van der Waals surface area contributed by atoms with E-state index in [1.807, 2.05) is 18.2 Å². The van der Waals surface area contributed by atoms with Crippen LogP contribution in [0.2, 0.25) is 0 Å². The lowest BCUT2D eigenvalue weighted by Gasteiger charge is -2.40. The van der Waals surface area contributed by atoms with Crippen molar-refractivity contribution in [1.29, 1.82) is 5.26 Å². The molecule has 2 aromatic carbocycles. The van der Waals surface area contributed by atoms with Crippen molar-refractivity contribution in [2.45, 2.75) is 140 Å². The molecule has 1 atom stereocenters. The summed E-state index contributed by atoms with van der Waals surface area (Å²) in [6.07, 6.45) is -5.15. The first-order valence-electron chi connectivity index (χ1n) is 16.1. The maximum atomic E-state index is 14.9. The minimum atomic E-state index is -4.51. The van der Waals surface area contributed by atoms with Crippen LogP contribution in [0.15, 0.2) is 48.5 Å². The van der Waals surface area contributed by atoms with Gasteiger partial charge >= 0.3 is 12.4 Å². The number of nitriles is 1. The predicted molar refractivity (Wildman–Crippen MR) is 165 cm³/mol. The molecule has 0 spiro atoms. The van der Waals surface area contributed by atoms with Crippen LogP contribution in [0.25, 0.3) is 0 Å². The van der Waals surface area contributed by atoms with E-state index in [9.17, 15) is 26.3 Å². The summed E-state index contributed by atoms with van der Waals surface area (Å²) >= 11 is 0. The van der Waals surface area contributed by atoms with Gasteiger partial charge in [-0.3, -0.25) is 4.90 Å². The number of nitrogens with zero attached hydrogens (tertiary/aromatic N) is 2. The number of hydrogen-bond donors (Lipinski definition) is 0. The number of hydrogen-bond acceptors (Lipinski definition) is 2. The molecule has 2 aliphatic rings. The predicted octanol–water partition coefficient (Wildman–Crippen LogP) is 10.6. The summed E-state index contributed by atoms with van der Waals surface area (Å²) in [5, 5.41) is 7.32. The molecule has 0 saturated heterocycles. The Hall–Kier alpha value is -2.53. The van der Waals surface area contributed by atoms with Crippen LogP contribution < -0.4 is 0 Å². The van der Waals surface area contributed by atoms with E-state index in [2.05, 4.69) is 37.8 Å². The molecule has 44 heavy (non-hydrogen) atoms. The van der Waals surface area contributed by atoms with Gasteiger partial charge in [-0.1, -0.05) is 81.1 Å². The molecule has 4 rings (SSSR count). The Kier molecular flexibility index (Phi) is 12.4. The average Bonchev–Trinajstić information content (AvgIpc) is 3.67. The van der Waals surface area contributed by atoms with Gasteiger partial charge in [0.05, 0.1) is 16.9 Å². The fraction of sp³-hybridized carbons (Fsp3) is 0.639. The van der Waals surface area contributed by atoms with Gasteiger partial charge in [0.25, 0.3) is 0 Å². The lowest BCUT2D eigenvalue weighted by molar-refractivity contribution is -0.191. The minimum Gasteiger partial charge on any atom is -0.298 e. The largest absolute Gasteiger partial charge is 0.398 e. The average molecular weight is 623 g/mol. The molecule has 2 fully saturated rings. The lowest BCUT2D eigenvalue weighted by atomic mass is 9.68. The first kappa shape index (κ1) is 35.9. The summed E-state index contributed by atoms with van der Waals surface area (Å²) in [5.41, 5.74) is -2.41. The SMILES string of the molecule is CC#N.CCC(CCc1c(C2(C(F)(F)F)CCCC2)cccc1C1(C(F)(F)F)CCCC1)N(CCc1ccccc1)C(C)C. The van der Waals surface area contributed by atoms with Gasteiger partial charge < -0.3 is 0 Å². The van der Waals surface area contributed by atoms with Crippen LogP contribution in [0.1, 0.15) is 114 Å². The van der Waals surface area contributed by atoms with Gasteiger partial charge in [0, 0.05) is 25.6 Å². The fourth-order valence-electron chi connectivity index (χ4n) is 7.80. The van der Waals surface area contributed by atoms with Crippen molar-refractivity contribution in [2.75, 3.05) is 6.54 Å². The van der Waals surface area contributed by atoms with E-state index < -0.39 is 23.2 Å². The zero-order chi connectivity index (χ0) is 32.6. The van der Waals surface area contributed by atoms with Crippen molar-refractivity contribution in [3.63, 3.8) is 0 Å². The third-order valence-electron chi connectivity index (χ3n) is 10.0. The summed E-state index contributed by atoms with van der Waals surface area (Å²) in [7, 11) is 0. The monoisotopic (exact) mass is 622 g/mol. The van der Waals surface area contributed by atoms with E-state index in [1.165, 1.54) is 30.7 Å². The Bertz CT molecular complexity index is 1150. The summed E-state index contributed by atoms with van der Waals surface area (Å²) in [5.74, 6) is 0. The second kappa shape index (κ2) is 15.2. The van der Waals surface area contributed by atoms with Crippen LogP contribution in [0, 0.1) is 11.3 Å². The van der Waals surface area contributed by atoms with Gasteiger partial charge in [-0.25, -0.2) is 0 Å². The highest BCUT2D eigenvalue weighted by molar-refractivity contribution is 5.47. The van der Waals surface area contributed by atoms with E-state index in [0.29, 0.717) is 37.7 Å².